The van der Waals surface area contributed by atoms with Crippen LogP contribution in [0.3, 0.4) is 0 Å². The van der Waals surface area contributed by atoms with Crippen molar-refractivity contribution in [3.8, 4) is 5.88 Å². The van der Waals surface area contributed by atoms with E-state index in [4.69, 9.17) is 0 Å². The number of pyridine rings is 1. The number of aliphatic hydroxyl groups excluding tert-OH is 1. The van der Waals surface area contributed by atoms with E-state index in [9.17, 15) is 15.0 Å². The van der Waals surface area contributed by atoms with Crippen molar-refractivity contribution in [1.82, 2.24) is 9.47 Å². The normalized spacial score (nSPS) is 25.0. The number of nitrogens with zero attached hydrogens (tertiary/aromatic N) is 6. The fourth-order valence-corrected chi connectivity index (χ4v) is 4.95. The van der Waals surface area contributed by atoms with Crippen LogP contribution in [0.1, 0.15) is 50.5 Å². The molecule has 0 bridgehead atoms. The quantitative estimate of drug-likeness (QED) is 0.512. The molecule has 10 heteroatoms. The molecule has 0 radical (unpaired) electrons. The van der Waals surface area contributed by atoms with Gasteiger partial charge in [0.15, 0.2) is 11.4 Å². The van der Waals surface area contributed by atoms with Crippen molar-refractivity contribution >= 4 is 11.4 Å². The summed E-state index contributed by atoms with van der Waals surface area (Å²) in [6.07, 6.45) is 5.46. The second-order valence-corrected chi connectivity index (χ2v) is 9.58. The number of rotatable bonds is 8. The zero-order chi connectivity index (χ0) is 24.0. The van der Waals surface area contributed by atoms with Crippen molar-refractivity contribution in [2.24, 2.45) is 20.5 Å². The van der Waals surface area contributed by atoms with Gasteiger partial charge in [-0.2, -0.15) is 15.3 Å². The number of aromatic hydroxyl groups is 1. The fourth-order valence-electron chi connectivity index (χ4n) is 4.95. The molecule has 3 N–H and O–H groups in total. The number of piperidine rings is 1. The van der Waals surface area contributed by atoms with Gasteiger partial charge in [-0.1, -0.05) is 0 Å². The van der Waals surface area contributed by atoms with E-state index < -0.39 is 6.10 Å². The molecule has 3 rings (SSSR count). The van der Waals surface area contributed by atoms with Crippen LogP contribution in [0.15, 0.2) is 25.3 Å². The standard InChI is InChI=1S/C23H39N7O3/c1-16-20(27-25-17-9-10-19(31)18(15-17)26-24-2)22(32)30(14-8-11-28(3)4)23(33)21(16)29-12-6-5-7-13-29/h17-19,31,33H,5-15H2,1-4H3/p+1. The third-order valence-corrected chi connectivity index (χ3v) is 6.79. The Morgan fingerprint density at radius 2 is 1.88 bits per heavy atom. The van der Waals surface area contributed by atoms with E-state index in [0.29, 0.717) is 37.1 Å². The van der Waals surface area contributed by atoms with Crippen molar-refractivity contribution in [2.75, 3.05) is 40.8 Å². The number of azo groups is 2. The number of aliphatic hydroxyl groups is 1. The van der Waals surface area contributed by atoms with Crippen LogP contribution in [-0.4, -0.2) is 78.6 Å². The van der Waals surface area contributed by atoms with Gasteiger partial charge < -0.3 is 15.1 Å². The molecule has 1 aromatic heterocycles. The van der Waals surface area contributed by atoms with Crippen LogP contribution in [0.4, 0.5) is 11.4 Å². The summed E-state index contributed by atoms with van der Waals surface area (Å²) in [6.45, 7) is 4.99. The van der Waals surface area contributed by atoms with Crippen LogP contribution in [0.2, 0.25) is 0 Å². The summed E-state index contributed by atoms with van der Waals surface area (Å²) in [5.41, 5.74) is 1.51. The smallest absolute Gasteiger partial charge is 0.281 e. The summed E-state index contributed by atoms with van der Waals surface area (Å²) in [4.78, 5) is 16.6. The van der Waals surface area contributed by atoms with Crippen molar-refractivity contribution in [1.29, 1.82) is 0 Å². The molecule has 2 aliphatic rings. The van der Waals surface area contributed by atoms with Gasteiger partial charge in [-0.15, -0.1) is 5.11 Å². The SMILES string of the molecule is CN=NC1CC(N=Nc2c(C)c([NH+]3CCCCC3)c(O)n(CCCN(C)C)c2=O)CCC1O. The van der Waals surface area contributed by atoms with Crippen LogP contribution < -0.4 is 10.5 Å². The second-order valence-electron chi connectivity index (χ2n) is 9.58. The van der Waals surface area contributed by atoms with Crippen LogP contribution in [0, 0.1) is 6.92 Å². The first-order chi connectivity index (χ1) is 15.8. The van der Waals surface area contributed by atoms with Gasteiger partial charge in [0.1, 0.15) is 0 Å². The minimum atomic E-state index is -0.515. The number of hydrogen-bond donors (Lipinski definition) is 3. The lowest BCUT2D eigenvalue weighted by molar-refractivity contribution is -0.838. The first-order valence-corrected chi connectivity index (χ1v) is 12.2. The molecule has 1 saturated heterocycles. The first-order valence-electron chi connectivity index (χ1n) is 12.2. The topological polar surface area (TPSA) is 120 Å². The van der Waals surface area contributed by atoms with Crippen LogP contribution in [0.5, 0.6) is 5.88 Å². The highest BCUT2D eigenvalue weighted by atomic mass is 16.3. The van der Waals surface area contributed by atoms with E-state index in [1.165, 1.54) is 15.9 Å². The molecular weight excluding hydrogens is 422 g/mol. The van der Waals surface area contributed by atoms with E-state index in [0.717, 1.165) is 44.6 Å². The van der Waals surface area contributed by atoms with E-state index in [1.54, 1.807) is 7.05 Å². The molecule has 184 valence electrons. The van der Waals surface area contributed by atoms with E-state index in [1.807, 2.05) is 21.0 Å². The lowest BCUT2D eigenvalue weighted by atomic mass is 9.89. The van der Waals surface area contributed by atoms with Gasteiger partial charge in [0, 0.05) is 19.2 Å². The molecule has 1 aliphatic carbocycles. The second kappa shape index (κ2) is 11.8. The molecule has 1 aromatic rings. The van der Waals surface area contributed by atoms with Crippen LogP contribution in [-0.2, 0) is 6.54 Å². The van der Waals surface area contributed by atoms with Gasteiger partial charge in [-0.05, 0) is 72.5 Å². The fraction of sp³-hybridized carbons (Fsp3) is 0.783. The molecule has 3 unspecified atom stereocenters. The van der Waals surface area contributed by atoms with Gasteiger partial charge in [0.25, 0.3) is 11.4 Å². The zero-order valence-electron chi connectivity index (χ0n) is 20.5. The van der Waals surface area contributed by atoms with Crippen molar-refractivity contribution in [3.05, 3.63) is 15.9 Å². The van der Waals surface area contributed by atoms with Crippen molar-refractivity contribution < 1.29 is 15.1 Å². The third kappa shape index (κ3) is 6.24. The predicted octanol–water partition coefficient (Wildman–Crippen LogP) is 1.96. The molecule has 2 fully saturated rings. The summed E-state index contributed by atoms with van der Waals surface area (Å²) in [6, 6.07) is -0.408. The van der Waals surface area contributed by atoms with E-state index in [-0.39, 0.29) is 23.5 Å². The Labute approximate surface area is 196 Å². The first kappa shape index (κ1) is 25.5. The lowest BCUT2D eigenvalue weighted by Gasteiger charge is -2.27. The molecule has 1 aliphatic heterocycles. The summed E-state index contributed by atoms with van der Waals surface area (Å²) in [7, 11) is 5.58. The summed E-state index contributed by atoms with van der Waals surface area (Å²) < 4.78 is 1.47. The van der Waals surface area contributed by atoms with Gasteiger partial charge >= 0.3 is 0 Å². The largest absolute Gasteiger partial charge is 0.490 e. The maximum absolute atomic E-state index is 13.4. The molecule has 0 spiro atoms. The van der Waals surface area contributed by atoms with Gasteiger partial charge in [-0.3, -0.25) is 14.3 Å². The average Bonchev–Trinajstić information content (AvgIpc) is 2.79. The Kier molecular flexibility index (Phi) is 9.10. The highest BCUT2D eigenvalue weighted by molar-refractivity contribution is 5.59. The predicted molar refractivity (Wildman–Crippen MR) is 127 cm³/mol. The number of aromatic nitrogens is 1. The van der Waals surface area contributed by atoms with E-state index >= 15 is 0 Å². The van der Waals surface area contributed by atoms with E-state index in [2.05, 4.69) is 25.4 Å². The number of nitrogens with one attached hydrogen (secondary N) is 1. The van der Waals surface area contributed by atoms with Crippen LogP contribution in [0.25, 0.3) is 0 Å². The monoisotopic (exact) mass is 462 g/mol. The molecule has 33 heavy (non-hydrogen) atoms. The molecule has 2 heterocycles. The summed E-state index contributed by atoms with van der Waals surface area (Å²) in [5, 5.41) is 38.2. The highest BCUT2D eigenvalue weighted by Crippen LogP contribution is 2.31. The zero-order valence-corrected chi connectivity index (χ0v) is 20.5. The molecule has 1 saturated carbocycles. The Morgan fingerprint density at radius 3 is 2.55 bits per heavy atom. The maximum atomic E-state index is 13.4. The summed E-state index contributed by atoms with van der Waals surface area (Å²) >= 11 is 0. The van der Waals surface area contributed by atoms with Gasteiger partial charge in [0.05, 0.1) is 31.3 Å². The maximum Gasteiger partial charge on any atom is 0.281 e. The number of quaternary nitrogens is 1. The highest BCUT2D eigenvalue weighted by Gasteiger charge is 2.31. The minimum Gasteiger partial charge on any atom is -0.490 e. The Morgan fingerprint density at radius 1 is 1.15 bits per heavy atom. The summed E-state index contributed by atoms with van der Waals surface area (Å²) in [5.74, 6) is 0.0660. The molecule has 10 nitrogen and oxygen atoms in total. The van der Waals surface area contributed by atoms with Crippen molar-refractivity contribution in [2.45, 2.75) is 76.6 Å². The lowest BCUT2D eigenvalue weighted by Crippen LogP contribution is -3.08. The Hall–Kier alpha value is -2.17. The molecular formula is C23H40N7O3+. The van der Waals surface area contributed by atoms with Crippen molar-refractivity contribution in [3.63, 3.8) is 0 Å². The third-order valence-electron chi connectivity index (χ3n) is 6.79. The average molecular weight is 463 g/mol. The number of hydrogen-bond acceptors (Lipinski definition) is 8. The van der Waals surface area contributed by atoms with Gasteiger partial charge in [-0.25, -0.2) is 0 Å². The van der Waals surface area contributed by atoms with Crippen LogP contribution >= 0.6 is 0 Å². The van der Waals surface area contributed by atoms with Gasteiger partial charge in [0.2, 0.25) is 0 Å². The molecule has 3 atom stereocenters. The Balaban J connectivity index is 1.95. The minimum absolute atomic E-state index is 0.0660. The molecule has 0 amide bonds. The molecule has 0 aromatic carbocycles. The Bertz CT molecular complexity index is 906.